The first kappa shape index (κ1) is 12.6. The van der Waals surface area contributed by atoms with E-state index in [0.29, 0.717) is 5.03 Å². The lowest BCUT2D eigenvalue weighted by Gasteiger charge is -2.04. The summed E-state index contributed by atoms with van der Waals surface area (Å²) < 4.78 is 0. The van der Waals surface area contributed by atoms with Crippen molar-refractivity contribution in [2.75, 3.05) is 0 Å². The van der Waals surface area contributed by atoms with Gasteiger partial charge in [-0.05, 0) is 37.1 Å². The van der Waals surface area contributed by atoms with Crippen molar-refractivity contribution >= 4 is 17.7 Å². The van der Waals surface area contributed by atoms with Crippen LogP contribution < -0.4 is 0 Å². The maximum absolute atomic E-state index is 10.8. The van der Waals surface area contributed by atoms with Crippen LogP contribution in [0.25, 0.3) is 0 Å². The Labute approximate surface area is 109 Å². The second-order valence-electron chi connectivity index (χ2n) is 3.90. The van der Waals surface area contributed by atoms with E-state index in [1.807, 2.05) is 19.1 Å². The summed E-state index contributed by atoms with van der Waals surface area (Å²) in [4.78, 5) is 19.7. The molecule has 1 N–H and O–H groups in total. The molecule has 2 aromatic rings. The van der Waals surface area contributed by atoms with Crippen LogP contribution in [0, 0.1) is 13.8 Å². The summed E-state index contributed by atoms with van der Waals surface area (Å²) in [5.41, 5.74) is 2.39. The number of hydrogen-bond donors (Lipinski definition) is 1. The van der Waals surface area contributed by atoms with Crippen LogP contribution in [0.1, 0.15) is 21.6 Å². The van der Waals surface area contributed by atoms with Crippen molar-refractivity contribution in [3.8, 4) is 0 Å². The van der Waals surface area contributed by atoms with Gasteiger partial charge < -0.3 is 5.11 Å². The second kappa shape index (κ2) is 5.18. The van der Waals surface area contributed by atoms with Crippen molar-refractivity contribution in [1.82, 2.24) is 9.97 Å². The molecule has 1 aromatic carbocycles. The standard InChI is InChI=1S/C13H12N2O2S/c1-8-3-4-10(5-9(8)2)18-12-7-14-6-11(15-12)13(16)17/h3-7H,1-2H3,(H,16,17). The predicted molar refractivity (Wildman–Crippen MR) is 69.0 cm³/mol. The number of benzene rings is 1. The van der Waals surface area contributed by atoms with Gasteiger partial charge >= 0.3 is 5.97 Å². The number of carboxylic acid groups (broad SMARTS) is 1. The molecule has 18 heavy (non-hydrogen) atoms. The van der Waals surface area contributed by atoms with Crippen molar-refractivity contribution in [2.24, 2.45) is 0 Å². The van der Waals surface area contributed by atoms with Gasteiger partial charge in [-0.3, -0.25) is 4.98 Å². The van der Waals surface area contributed by atoms with Crippen LogP contribution in [0.2, 0.25) is 0 Å². The molecule has 1 heterocycles. The zero-order valence-corrected chi connectivity index (χ0v) is 10.9. The molecule has 4 nitrogen and oxygen atoms in total. The number of rotatable bonds is 3. The Morgan fingerprint density at radius 2 is 2.00 bits per heavy atom. The van der Waals surface area contributed by atoms with Gasteiger partial charge in [0.05, 0.1) is 12.4 Å². The number of nitrogens with zero attached hydrogens (tertiary/aromatic N) is 2. The molecule has 0 unspecified atom stereocenters. The number of aromatic carboxylic acids is 1. The van der Waals surface area contributed by atoms with Crippen molar-refractivity contribution < 1.29 is 9.90 Å². The zero-order valence-electron chi connectivity index (χ0n) is 10.0. The van der Waals surface area contributed by atoms with Crippen LogP contribution in [0.4, 0.5) is 0 Å². The molecule has 0 saturated carbocycles. The number of aryl methyl sites for hydroxylation is 2. The second-order valence-corrected chi connectivity index (χ2v) is 4.99. The van der Waals surface area contributed by atoms with Crippen molar-refractivity contribution in [2.45, 2.75) is 23.8 Å². The van der Waals surface area contributed by atoms with E-state index in [9.17, 15) is 4.79 Å². The molecule has 1 aromatic heterocycles. The first-order valence-electron chi connectivity index (χ1n) is 5.36. The summed E-state index contributed by atoms with van der Waals surface area (Å²) in [5, 5.41) is 9.43. The predicted octanol–water partition coefficient (Wildman–Crippen LogP) is 2.94. The maximum Gasteiger partial charge on any atom is 0.356 e. The Hall–Kier alpha value is -1.88. The highest BCUT2D eigenvalue weighted by Crippen LogP contribution is 2.27. The van der Waals surface area contributed by atoms with Gasteiger partial charge in [-0.2, -0.15) is 0 Å². The molecule has 0 amide bonds. The Bertz CT molecular complexity index is 599. The van der Waals surface area contributed by atoms with E-state index in [1.54, 1.807) is 6.20 Å². The fraction of sp³-hybridized carbons (Fsp3) is 0.154. The molecule has 0 radical (unpaired) electrons. The number of carboxylic acids is 1. The number of aromatic nitrogens is 2. The largest absolute Gasteiger partial charge is 0.476 e. The minimum Gasteiger partial charge on any atom is -0.476 e. The minimum atomic E-state index is -1.06. The molecule has 0 atom stereocenters. The van der Waals surface area contributed by atoms with Gasteiger partial charge in [0.15, 0.2) is 5.69 Å². The summed E-state index contributed by atoms with van der Waals surface area (Å²) in [5.74, 6) is -1.06. The first-order chi connectivity index (χ1) is 8.56. The van der Waals surface area contributed by atoms with E-state index in [-0.39, 0.29) is 5.69 Å². The summed E-state index contributed by atoms with van der Waals surface area (Å²) in [6.45, 7) is 4.09. The zero-order chi connectivity index (χ0) is 13.1. The molecule has 5 heteroatoms. The third kappa shape index (κ3) is 2.87. The minimum absolute atomic E-state index is 0.0381. The van der Waals surface area contributed by atoms with Crippen LogP contribution in [-0.4, -0.2) is 21.0 Å². The fourth-order valence-corrected chi connectivity index (χ4v) is 2.27. The van der Waals surface area contributed by atoms with Crippen LogP contribution in [0.15, 0.2) is 40.5 Å². The normalized spacial score (nSPS) is 10.3. The van der Waals surface area contributed by atoms with Crippen LogP contribution >= 0.6 is 11.8 Å². The van der Waals surface area contributed by atoms with Gasteiger partial charge in [0.25, 0.3) is 0 Å². The maximum atomic E-state index is 10.8. The van der Waals surface area contributed by atoms with Gasteiger partial charge in [-0.15, -0.1) is 0 Å². The molecule has 0 bridgehead atoms. The number of hydrogen-bond acceptors (Lipinski definition) is 4. The van der Waals surface area contributed by atoms with Gasteiger partial charge in [0, 0.05) is 4.90 Å². The number of carbonyl (C=O) groups is 1. The molecule has 0 spiro atoms. The molecule has 0 aliphatic rings. The van der Waals surface area contributed by atoms with E-state index in [2.05, 4.69) is 23.0 Å². The molecular formula is C13H12N2O2S. The summed E-state index contributed by atoms with van der Waals surface area (Å²) in [7, 11) is 0. The molecule has 0 saturated heterocycles. The quantitative estimate of drug-likeness (QED) is 0.919. The molecule has 0 aliphatic carbocycles. The highest BCUT2D eigenvalue weighted by Gasteiger charge is 2.07. The summed E-state index contributed by atoms with van der Waals surface area (Å²) >= 11 is 1.41. The van der Waals surface area contributed by atoms with Gasteiger partial charge in [-0.25, -0.2) is 9.78 Å². The summed E-state index contributed by atoms with van der Waals surface area (Å²) in [6.07, 6.45) is 2.80. The molecule has 2 rings (SSSR count). The monoisotopic (exact) mass is 260 g/mol. The van der Waals surface area contributed by atoms with E-state index >= 15 is 0 Å². The Morgan fingerprint density at radius 3 is 2.67 bits per heavy atom. The average Bonchev–Trinajstić information content (AvgIpc) is 2.34. The van der Waals surface area contributed by atoms with E-state index in [0.717, 1.165) is 4.90 Å². The Morgan fingerprint density at radius 1 is 1.22 bits per heavy atom. The lowest BCUT2D eigenvalue weighted by Crippen LogP contribution is -2.01. The molecule has 0 aliphatic heterocycles. The third-order valence-corrected chi connectivity index (χ3v) is 3.43. The van der Waals surface area contributed by atoms with Crippen molar-refractivity contribution in [1.29, 1.82) is 0 Å². The van der Waals surface area contributed by atoms with Crippen LogP contribution in [-0.2, 0) is 0 Å². The Kier molecular flexibility index (Phi) is 3.62. The lowest BCUT2D eigenvalue weighted by atomic mass is 10.1. The first-order valence-corrected chi connectivity index (χ1v) is 6.18. The third-order valence-electron chi connectivity index (χ3n) is 2.53. The average molecular weight is 260 g/mol. The topological polar surface area (TPSA) is 63.1 Å². The Balaban J connectivity index is 2.25. The lowest BCUT2D eigenvalue weighted by molar-refractivity contribution is 0.0689. The van der Waals surface area contributed by atoms with Crippen molar-refractivity contribution in [3.63, 3.8) is 0 Å². The van der Waals surface area contributed by atoms with Crippen LogP contribution in [0.5, 0.6) is 0 Å². The molecular weight excluding hydrogens is 248 g/mol. The highest BCUT2D eigenvalue weighted by molar-refractivity contribution is 7.99. The van der Waals surface area contributed by atoms with E-state index in [4.69, 9.17) is 5.11 Å². The van der Waals surface area contributed by atoms with Gasteiger partial charge in [0.1, 0.15) is 5.03 Å². The SMILES string of the molecule is Cc1ccc(Sc2cncc(C(=O)O)n2)cc1C. The van der Waals surface area contributed by atoms with Crippen LogP contribution in [0.3, 0.4) is 0 Å². The van der Waals surface area contributed by atoms with E-state index < -0.39 is 5.97 Å². The van der Waals surface area contributed by atoms with Crippen molar-refractivity contribution in [3.05, 3.63) is 47.4 Å². The van der Waals surface area contributed by atoms with E-state index in [1.165, 1.54) is 29.1 Å². The molecule has 92 valence electrons. The summed E-state index contributed by atoms with van der Waals surface area (Å²) in [6, 6.07) is 6.07. The molecule has 0 fully saturated rings. The fourth-order valence-electron chi connectivity index (χ4n) is 1.40. The smallest absolute Gasteiger partial charge is 0.356 e. The van der Waals surface area contributed by atoms with Gasteiger partial charge in [-0.1, -0.05) is 17.8 Å². The highest BCUT2D eigenvalue weighted by atomic mass is 32.2. The van der Waals surface area contributed by atoms with Gasteiger partial charge in [0.2, 0.25) is 0 Å².